The lowest BCUT2D eigenvalue weighted by atomic mass is 9.91. The molecule has 0 aliphatic heterocycles. The zero-order valence-corrected chi connectivity index (χ0v) is 10.4. The van der Waals surface area contributed by atoms with Gasteiger partial charge in [0, 0.05) is 25.8 Å². The molecule has 1 fully saturated rings. The van der Waals surface area contributed by atoms with Crippen molar-refractivity contribution in [3.8, 4) is 0 Å². The molecule has 0 aromatic rings. The first-order chi connectivity index (χ1) is 7.83. The smallest absolute Gasteiger partial charge is 0.0700 e. The normalized spacial score (nSPS) is 25.9. The van der Waals surface area contributed by atoms with Crippen LogP contribution >= 0.6 is 0 Å². The van der Waals surface area contributed by atoms with Crippen molar-refractivity contribution in [2.75, 3.05) is 33.5 Å². The summed E-state index contributed by atoms with van der Waals surface area (Å²) in [6, 6.07) is 1.03. The van der Waals surface area contributed by atoms with Crippen molar-refractivity contribution in [2.24, 2.45) is 5.73 Å². The number of nitrogens with one attached hydrogen (secondary N) is 1. The number of ether oxygens (including phenoxy) is 2. The molecule has 0 radical (unpaired) electrons. The Morgan fingerprint density at radius 3 is 2.88 bits per heavy atom. The quantitative estimate of drug-likeness (QED) is 0.608. The van der Waals surface area contributed by atoms with Crippen molar-refractivity contribution in [3.63, 3.8) is 0 Å². The van der Waals surface area contributed by atoms with Gasteiger partial charge in [0.1, 0.15) is 0 Å². The van der Waals surface area contributed by atoms with Crippen LogP contribution in [-0.4, -0.2) is 45.6 Å². The largest absolute Gasteiger partial charge is 0.382 e. The van der Waals surface area contributed by atoms with Crippen LogP contribution in [0.5, 0.6) is 0 Å². The molecule has 2 unspecified atom stereocenters. The highest BCUT2D eigenvalue weighted by molar-refractivity contribution is 4.79. The highest BCUT2D eigenvalue weighted by atomic mass is 16.5. The Kier molecular flexibility index (Phi) is 7.76. The van der Waals surface area contributed by atoms with Crippen LogP contribution in [0.25, 0.3) is 0 Å². The van der Waals surface area contributed by atoms with E-state index in [4.69, 9.17) is 15.2 Å². The first-order valence-corrected chi connectivity index (χ1v) is 6.38. The zero-order valence-electron chi connectivity index (χ0n) is 10.4. The molecule has 0 saturated heterocycles. The van der Waals surface area contributed by atoms with Gasteiger partial charge < -0.3 is 20.5 Å². The Morgan fingerprint density at radius 1 is 1.25 bits per heavy atom. The van der Waals surface area contributed by atoms with Gasteiger partial charge >= 0.3 is 0 Å². The topological polar surface area (TPSA) is 56.5 Å². The van der Waals surface area contributed by atoms with E-state index in [9.17, 15) is 0 Å². The molecule has 16 heavy (non-hydrogen) atoms. The average Bonchev–Trinajstić information content (AvgIpc) is 2.28. The average molecular weight is 230 g/mol. The highest BCUT2D eigenvalue weighted by Crippen LogP contribution is 2.16. The number of nitrogens with two attached hydrogens (primary N) is 1. The predicted octanol–water partition coefficient (Wildman–Crippen LogP) is 0.899. The van der Waals surface area contributed by atoms with Gasteiger partial charge in [0.05, 0.1) is 13.2 Å². The van der Waals surface area contributed by atoms with Crippen molar-refractivity contribution < 1.29 is 9.47 Å². The second-order valence-electron chi connectivity index (χ2n) is 4.54. The summed E-state index contributed by atoms with van der Waals surface area (Å²) >= 11 is 0. The highest BCUT2D eigenvalue weighted by Gasteiger charge is 2.17. The van der Waals surface area contributed by atoms with Gasteiger partial charge in [-0.2, -0.15) is 0 Å². The molecule has 0 spiro atoms. The summed E-state index contributed by atoms with van der Waals surface area (Å²) in [7, 11) is 1.69. The molecule has 1 aliphatic carbocycles. The molecular weight excluding hydrogens is 204 g/mol. The third-order valence-electron chi connectivity index (χ3n) is 3.05. The second-order valence-corrected chi connectivity index (χ2v) is 4.54. The predicted molar refractivity (Wildman–Crippen MR) is 65.5 cm³/mol. The fraction of sp³-hybridized carbons (Fsp3) is 1.00. The van der Waals surface area contributed by atoms with E-state index in [1.54, 1.807) is 7.11 Å². The summed E-state index contributed by atoms with van der Waals surface area (Å²) in [5.41, 5.74) is 5.93. The molecule has 0 bridgehead atoms. The van der Waals surface area contributed by atoms with Crippen molar-refractivity contribution >= 4 is 0 Å². The third-order valence-corrected chi connectivity index (χ3v) is 3.05. The van der Waals surface area contributed by atoms with Crippen molar-refractivity contribution in [1.82, 2.24) is 5.32 Å². The summed E-state index contributed by atoms with van der Waals surface area (Å²) in [6.45, 7) is 3.23. The van der Waals surface area contributed by atoms with Gasteiger partial charge in [-0.3, -0.25) is 0 Å². The Labute approximate surface area is 98.9 Å². The van der Waals surface area contributed by atoms with E-state index in [1.807, 2.05) is 0 Å². The molecule has 0 aromatic heterocycles. The maximum Gasteiger partial charge on any atom is 0.0700 e. The fourth-order valence-electron chi connectivity index (χ4n) is 2.14. The lowest BCUT2D eigenvalue weighted by molar-refractivity contribution is 0.0691. The van der Waals surface area contributed by atoms with Gasteiger partial charge in [-0.25, -0.2) is 0 Å². The zero-order chi connectivity index (χ0) is 11.6. The Bertz CT molecular complexity index is 167. The molecular formula is C12H26N2O2. The van der Waals surface area contributed by atoms with Crippen LogP contribution in [0.4, 0.5) is 0 Å². The first kappa shape index (κ1) is 13.9. The summed E-state index contributed by atoms with van der Waals surface area (Å²) in [5, 5.41) is 3.55. The summed E-state index contributed by atoms with van der Waals surface area (Å²) < 4.78 is 10.3. The monoisotopic (exact) mass is 230 g/mol. The van der Waals surface area contributed by atoms with E-state index in [0.29, 0.717) is 25.3 Å². The molecule has 0 aromatic carbocycles. The molecule has 4 nitrogen and oxygen atoms in total. The van der Waals surface area contributed by atoms with E-state index in [0.717, 1.165) is 26.0 Å². The third kappa shape index (κ3) is 6.43. The molecule has 0 amide bonds. The Morgan fingerprint density at radius 2 is 2.12 bits per heavy atom. The summed E-state index contributed by atoms with van der Waals surface area (Å²) in [6.07, 6.45) is 5.93. The van der Waals surface area contributed by atoms with E-state index < -0.39 is 0 Å². The number of methoxy groups -OCH3 is 1. The van der Waals surface area contributed by atoms with Crippen molar-refractivity contribution in [2.45, 2.75) is 44.2 Å². The van der Waals surface area contributed by atoms with Crippen LogP contribution in [-0.2, 0) is 9.47 Å². The van der Waals surface area contributed by atoms with Crippen molar-refractivity contribution in [1.29, 1.82) is 0 Å². The Hall–Kier alpha value is -0.160. The molecule has 96 valence electrons. The lowest BCUT2D eigenvalue weighted by Crippen LogP contribution is -2.39. The van der Waals surface area contributed by atoms with Gasteiger partial charge in [-0.1, -0.05) is 6.42 Å². The van der Waals surface area contributed by atoms with Crippen LogP contribution in [0.15, 0.2) is 0 Å². The van der Waals surface area contributed by atoms with Crippen LogP contribution in [0.3, 0.4) is 0 Å². The second kappa shape index (κ2) is 8.93. The first-order valence-electron chi connectivity index (χ1n) is 6.38. The van der Waals surface area contributed by atoms with E-state index >= 15 is 0 Å². The van der Waals surface area contributed by atoms with Gasteiger partial charge in [-0.05, 0) is 32.2 Å². The maximum absolute atomic E-state index is 5.93. The summed E-state index contributed by atoms with van der Waals surface area (Å²) in [4.78, 5) is 0. The Balaban J connectivity index is 1.86. The van der Waals surface area contributed by atoms with Gasteiger partial charge in [0.25, 0.3) is 0 Å². The minimum Gasteiger partial charge on any atom is -0.382 e. The van der Waals surface area contributed by atoms with Crippen LogP contribution < -0.4 is 11.1 Å². The number of hydrogen-bond donors (Lipinski definition) is 2. The number of hydrogen-bond acceptors (Lipinski definition) is 4. The molecule has 0 heterocycles. The van der Waals surface area contributed by atoms with Gasteiger partial charge in [-0.15, -0.1) is 0 Å². The molecule has 1 aliphatic rings. The summed E-state index contributed by atoms with van der Waals surface area (Å²) in [5.74, 6) is 0. The molecule has 1 rings (SSSR count). The minimum absolute atomic E-state index is 0.407. The van der Waals surface area contributed by atoms with E-state index in [2.05, 4.69) is 5.32 Å². The molecule has 2 atom stereocenters. The molecule has 3 N–H and O–H groups in total. The van der Waals surface area contributed by atoms with E-state index in [-0.39, 0.29) is 0 Å². The van der Waals surface area contributed by atoms with Crippen LogP contribution in [0.2, 0.25) is 0 Å². The molecule has 4 heteroatoms. The van der Waals surface area contributed by atoms with E-state index in [1.165, 1.54) is 19.3 Å². The van der Waals surface area contributed by atoms with Crippen LogP contribution in [0, 0.1) is 0 Å². The standard InChI is InChI=1S/C12H26N2O2/c1-15-8-9-16-7-3-6-14-12-5-2-4-11(13)10-12/h11-12,14H,2-10,13H2,1H3. The van der Waals surface area contributed by atoms with Crippen molar-refractivity contribution in [3.05, 3.63) is 0 Å². The van der Waals surface area contributed by atoms with Gasteiger partial charge in [0.2, 0.25) is 0 Å². The SMILES string of the molecule is COCCOCCCNC1CCCC(N)C1. The number of rotatable bonds is 8. The van der Waals surface area contributed by atoms with Crippen LogP contribution in [0.1, 0.15) is 32.1 Å². The fourth-order valence-corrected chi connectivity index (χ4v) is 2.14. The molecule has 1 saturated carbocycles. The maximum atomic E-state index is 5.93. The van der Waals surface area contributed by atoms with Gasteiger partial charge in [0.15, 0.2) is 0 Å². The minimum atomic E-state index is 0.407. The lowest BCUT2D eigenvalue weighted by Gasteiger charge is -2.27.